The van der Waals surface area contributed by atoms with Crippen LogP contribution in [0, 0.1) is 6.92 Å². The normalized spacial score (nSPS) is 10.7. The number of nitrogens with zero attached hydrogens (tertiary/aromatic N) is 1. The number of aromatic nitrogens is 2. The topological polar surface area (TPSA) is 46.0 Å². The number of carbonyl (C=O) groups excluding carboxylic acids is 1. The number of fused-ring (bicyclic) bond motifs is 1. The van der Waals surface area contributed by atoms with Gasteiger partial charge in [0.2, 0.25) is 0 Å². The Kier molecular flexibility index (Phi) is 2.64. The summed E-state index contributed by atoms with van der Waals surface area (Å²) in [5, 5.41) is 0.904. The molecular formula is C12H15N2O2+. The molecule has 0 aliphatic rings. The molecule has 0 saturated heterocycles. The Morgan fingerprint density at radius 1 is 1.56 bits per heavy atom. The fraction of sp³-hybridized carbons (Fsp3) is 0.333. The van der Waals surface area contributed by atoms with Gasteiger partial charge in [-0.2, -0.15) is 0 Å². The number of nitrogens with one attached hydrogen (secondary N) is 1. The Morgan fingerprint density at radius 2 is 2.31 bits per heavy atom. The van der Waals surface area contributed by atoms with Crippen molar-refractivity contribution in [3.05, 3.63) is 29.7 Å². The predicted molar refractivity (Wildman–Crippen MR) is 60.2 cm³/mol. The van der Waals surface area contributed by atoms with E-state index in [1.165, 1.54) is 0 Å². The van der Waals surface area contributed by atoms with E-state index >= 15 is 0 Å². The van der Waals surface area contributed by atoms with E-state index in [1.54, 1.807) is 0 Å². The number of hydrogen-bond donors (Lipinski definition) is 1. The first kappa shape index (κ1) is 10.7. The molecule has 0 aromatic carbocycles. The lowest BCUT2D eigenvalue weighted by Crippen LogP contribution is -2.26. The highest BCUT2D eigenvalue weighted by Crippen LogP contribution is 2.21. The lowest BCUT2D eigenvalue weighted by molar-refractivity contribution is -0.670. The maximum Gasteiger partial charge on any atom is 0.340 e. The van der Waals surface area contributed by atoms with Gasteiger partial charge in [0.05, 0.1) is 23.1 Å². The van der Waals surface area contributed by atoms with Crippen LogP contribution in [-0.2, 0) is 11.8 Å². The van der Waals surface area contributed by atoms with Crippen molar-refractivity contribution in [3.63, 3.8) is 0 Å². The summed E-state index contributed by atoms with van der Waals surface area (Å²) in [7, 11) is 1.93. The van der Waals surface area contributed by atoms with Crippen molar-refractivity contribution in [2.24, 2.45) is 7.05 Å². The molecule has 2 aromatic heterocycles. The number of ether oxygens (including phenoxy) is 1. The molecule has 0 aliphatic carbocycles. The highest BCUT2D eigenvalue weighted by molar-refractivity contribution is 6.04. The second-order valence-corrected chi connectivity index (χ2v) is 3.78. The molecule has 0 atom stereocenters. The number of rotatable bonds is 2. The van der Waals surface area contributed by atoms with E-state index < -0.39 is 0 Å². The number of hydrogen-bond acceptors (Lipinski definition) is 2. The lowest BCUT2D eigenvalue weighted by atomic mass is 10.2. The molecule has 4 nitrogen and oxygen atoms in total. The monoisotopic (exact) mass is 219 g/mol. The second-order valence-electron chi connectivity index (χ2n) is 3.78. The minimum atomic E-state index is -0.266. The largest absolute Gasteiger partial charge is 0.462 e. The minimum Gasteiger partial charge on any atom is -0.462 e. The molecule has 0 bridgehead atoms. The van der Waals surface area contributed by atoms with E-state index in [0.717, 1.165) is 16.6 Å². The van der Waals surface area contributed by atoms with Crippen LogP contribution in [0.25, 0.3) is 10.9 Å². The van der Waals surface area contributed by atoms with E-state index in [4.69, 9.17) is 4.74 Å². The van der Waals surface area contributed by atoms with Gasteiger partial charge in [0.1, 0.15) is 7.05 Å². The summed E-state index contributed by atoms with van der Waals surface area (Å²) in [6.07, 6.45) is 3.86. The zero-order valence-electron chi connectivity index (χ0n) is 9.70. The maximum atomic E-state index is 11.8. The minimum absolute atomic E-state index is 0.266. The van der Waals surface area contributed by atoms with Crippen LogP contribution in [-0.4, -0.2) is 17.6 Å². The van der Waals surface area contributed by atoms with Crippen molar-refractivity contribution in [2.45, 2.75) is 13.8 Å². The van der Waals surface area contributed by atoms with Gasteiger partial charge in [0.15, 0.2) is 12.4 Å². The van der Waals surface area contributed by atoms with Crippen molar-refractivity contribution < 1.29 is 14.1 Å². The molecule has 1 N–H and O–H groups in total. The summed E-state index contributed by atoms with van der Waals surface area (Å²) in [6.45, 7) is 4.08. The molecule has 4 heteroatoms. The first-order valence-electron chi connectivity index (χ1n) is 5.28. The van der Waals surface area contributed by atoms with Crippen LogP contribution in [0.5, 0.6) is 0 Å². The molecule has 0 unspecified atom stereocenters. The van der Waals surface area contributed by atoms with Gasteiger partial charge in [0, 0.05) is 11.8 Å². The first-order valence-corrected chi connectivity index (χ1v) is 5.28. The summed E-state index contributed by atoms with van der Waals surface area (Å²) >= 11 is 0. The molecule has 2 aromatic rings. The molecule has 2 heterocycles. The quantitative estimate of drug-likeness (QED) is 0.614. The third kappa shape index (κ3) is 1.66. The van der Waals surface area contributed by atoms with E-state index in [1.807, 2.05) is 43.9 Å². The van der Waals surface area contributed by atoms with Crippen molar-refractivity contribution in [1.82, 2.24) is 4.98 Å². The Labute approximate surface area is 93.9 Å². The lowest BCUT2D eigenvalue weighted by Gasteiger charge is -2.00. The molecule has 0 amide bonds. The average molecular weight is 219 g/mol. The predicted octanol–water partition coefficient (Wildman–Crippen LogP) is 1.48. The highest BCUT2D eigenvalue weighted by atomic mass is 16.5. The second kappa shape index (κ2) is 3.96. The van der Waals surface area contributed by atoms with E-state index in [9.17, 15) is 4.79 Å². The Morgan fingerprint density at radius 3 is 3.00 bits per heavy atom. The zero-order chi connectivity index (χ0) is 11.7. The molecule has 0 saturated carbocycles. The van der Waals surface area contributed by atoms with Gasteiger partial charge in [-0.15, -0.1) is 0 Å². The van der Waals surface area contributed by atoms with Crippen LogP contribution in [0.4, 0.5) is 0 Å². The summed E-state index contributed by atoms with van der Waals surface area (Å²) in [5.41, 5.74) is 2.44. The van der Waals surface area contributed by atoms with Gasteiger partial charge in [-0.25, -0.2) is 9.36 Å². The SMILES string of the molecule is CCOC(=O)c1c(C)[nH]c2cc[n+](C)cc12. The van der Waals surface area contributed by atoms with Crippen LogP contribution in [0.15, 0.2) is 18.5 Å². The number of aromatic amines is 1. The third-order valence-corrected chi connectivity index (χ3v) is 2.55. The summed E-state index contributed by atoms with van der Waals surface area (Å²) in [6, 6.07) is 1.95. The van der Waals surface area contributed by atoms with Crippen LogP contribution in [0.1, 0.15) is 23.0 Å². The van der Waals surface area contributed by atoms with Gasteiger partial charge in [-0.05, 0) is 13.8 Å². The summed E-state index contributed by atoms with van der Waals surface area (Å²) < 4.78 is 6.96. The molecule has 0 aliphatic heterocycles. The van der Waals surface area contributed by atoms with Gasteiger partial charge in [-0.1, -0.05) is 0 Å². The number of carbonyl (C=O) groups is 1. The van der Waals surface area contributed by atoms with Crippen LogP contribution in [0.3, 0.4) is 0 Å². The third-order valence-electron chi connectivity index (χ3n) is 2.55. The van der Waals surface area contributed by atoms with Gasteiger partial charge >= 0.3 is 5.97 Å². The van der Waals surface area contributed by atoms with Gasteiger partial charge in [0.25, 0.3) is 0 Å². The van der Waals surface area contributed by atoms with Crippen molar-refractivity contribution >= 4 is 16.9 Å². The zero-order valence-corrected chi connectivity index (χ0v) is 9.70. The smallest absolute Gasteiger partial charge is 0.340 e. The molecule has 84 valence electrons. The summed E-state index contributed by atoms with van der Waals surface area (Å²) in [4.78, 5) is 15.0. The Balaban J connectivity index is 2.62. The summed E-state index contributed by atoms with van der Waals surface area (Å²) in [5.74, 6) is -0.266. The maximum absolute atomic E-state index is 11.8. The van der Waals surface area contributed by atoms with Crippen molar-refractivity contribution in [3.8, 4) is 0 Å². The number of aryl methyl sites for hydroxylation is 2. The Hall–Kier alpha value is -1.84. The number of H-pyrrole nitrogens is 1. The van der Waals surface area contributed by atoms with Crippen molar-refractivity contribution in [2.75, 3.05) is 6.61 Å². The molecule has 0 fully saturated rings. The average Bonchev–Trinajstić information content (AvgIpc) is 2.53. The standard InChI is InChI=1S/C12H14N2O2/c1-4-16-12(15)11-8(2)13-10-5-6-14(3)7-9(10)11/h5-7H,4H2,1-3H3/p+1. The molecular weight excluding hydrogens is 204 g/mol. The molecule has 0 radical (unpaired) electrons. The molecule has 2 rings (SSSR count). The Bertz CT molecular complexity index is 543. The first-order chi connectivity index (χ1) is 7.63. The van der Waals surface area contributed by atoms with Crippen LogP contribution < -0.4 is 4.57 Å². The van der Waals surface area contributed by atoms with Crippen molar-refractivity contribution in [1.29, 1.82) is 0 Å². The van der Waals surface area contributed by atoms with E-state index in [2.05, 4.69) is 4.98 Å². The molecule has 0 spiro atoms. The fourth-order valence-corrected chi connectivity index (χ4v) is 1.84. The van der Waals surface area contributed by atoms with E-state index in [0.29, 0.717) is 12.2 Å². The molecule has 16 heavy (non-hydrogen) atoms. The fourth-order valence-electron chi connectivity index (χ4n) is 1.84. The number of esters is 1. The van der Waals surface area contributed by atoms with Gasteiger partial charge in [-0.3, -0.25) is 0 Å². The highest BCUT2D eigenvalue weighted by Gasteiger charge is 2.18. The van der Waals surface area contributed by atoms with Gasteiger partial charge < -0.3 is 9.72 Å². The van der Waals surface area contributed by atoms with E-state index in [-0.39, 0.29) is 5.97 Å². The van der Waals surface area contributed by atoms with Crippen LogP contribution >= 0.6 is 0 Å². The van der Waals surface area contributed by atoms with Crippen LogP contribution in [0.2, 0.25) is 0 Å². The number of pyridine rings is 1.